The number of rotatable bonds is 30. The van der Waals surface area contributed by atoms with E-state index in [9.17, 15) is 24.0 Å². The van der Waals surface area contributed by atoms with Gasteiger partial charge in [0.05, 0.1) is 88.4 Å². The zero-order valence-electron chi connectivity index (χ0n) is 47.8. The molecule has 84 heavy (non-hydrogen) atoms. The van der Waals surface area contributed by atoms with Gasteiger partial charge in [-0.1, -0.05) is 70.1 Å². The van der Waals surface area contributed by atoms with Crippen molar-refractivity contribution in [3.63, 3.8) is 0 Å². The Labute approximate surface area is 497 Å². The lowest BCUT2D eigenvalue weighted by Gasteiger charge is -2.23. The third-order valence-corrected chi connectivity index (χ3v) is 18.2. The van der Waals surface area contributed by atoms with Gasteiger partial charge in [-0.3, -0.25) is 38.8 Å². The summed E-state index contributed by atoms with van der Waals surface area (Å²) in [5.41, 5.74) is 8.78. The Hall–Kier alpha value is -7.40. The van der Waals surface area contributed by atoms with Crippen LogP contribution in [0.4, 0.5) is 22.7 Å². The summed E-state index contributed by atoms with van der Waals surface area (Å²) in [5.74, 6) is 1.56. The quantitative estimate of drug-likeness (QED) is 0.0225. The summed E-state index contributed by atoms with van der Waals surface area (Å²) >= 11 is 0. The number of amides is 5. The number of anilines is 3. The van der Waals surface area contributed by atoms with Gasteiger partial charge in [0.15, 0.2) is 23.0 Å². The van der Waals surface area contributed by atoms with Crippen molar-refractivity contribution < 1.29 is 57.1 Å². The van der Waals surface area contributed by atoms with Crippen LogP contribution >= 0.6 is 21.6 Å². The first kappa shape index (κ1) is 59.7. The van der Waals surface area contributed by atoms with Crippen LogP contribution in [0.1, 0.15) is 75.2 Å². The third-order valence-electron chi connectivity index (χ3n) is 14.8. The minimum Gasteiger partial charge on any atom is -0.493 e. The van der Waals surface area contributed by atoms with Crippen molar-refractivity contribution in [2.75, 3.05) is 101 Å². The number of benzene rings is 5. The van der Waals surface area contributed by atoms with Crippen molar-refractivity contribution in [2.45, 2.75) is 76.2 Å². The highest BCUT2D eigenvalue weighted by Crippen LogP contribution is 2.43. The van der Waals surface area contributed by atoms with Crippen LogP contribution in [-0.2, 0) is 61.3 Å². The van der Waals surface area contributed by atoms with Crippen molar-refractivity contribution in [3.8, 4) is 23.0 Å². The molecule has 0 unspecified atom stereocenters. The second-order valence-electron chi connectivity index (χ2n) is 21.4. The monoisotopic (exact) mass is 1180 g/mol. The molecule has 0 spiro atoms. The van der Waals surface area contributed by atoms with Gasteiger partial charge in [0, 0.05) is 97.9 Å². The first-order valence-corrected chi connectivity index (χ1v) is 30.7. The number of nitrogens with one attached hydrogen (secondary N) is 3. The lowest BCUT2D eigenvalue weighted by Crippen LogP contribution is -2.39. The number of carbonyl (C=O) groups excluding carboxylic acids is 5. The van der Waals surface area contributed by atoms with Gasteiger partial charge in [0.1, 0.15) is 13.2 Å². The van der Waals surface area contributed by atoms with Crippen LogP contribution in [0.3, 0.4) is 0 Å². The molecule has 5 aliphatic heterocycles. The Kier molecular flexibility index (Phi) is 19.9. The molecule has 5 amide bonds. The molecule has 10 rings (SSSR count). The smallest absolute Gasteiger partial charge is 0.261 e. The highest BCUT2D eigenvalue weighted by Gasteiger charge is 2.39. The highest BCUT2D eigenvalue weighted by atomic mass is 33.1. The lowest BCUT2D eigenvalue weighted by atomic mass is 10.1. The van der Waals surface area contributed by atoms with E-state index in [0.29, 0.717) is 111 Å². The molecular formula is C63H71N7O12S2. The minimum absolute atomic E-state index is 0.0182. The maximum Gasteiger partial charge on any atom is 0.261 e. The van der Waals surface area contributed by atoms with E-state index in [1.165, 1.54) is 12.2 Å². The topological polar surface area (TPSA) is 208 Å². The molecule has 19 nitrogen and oxygen atoms in total. The van der Waals surface area contributed by atoms with E-state index in [2.05, 4.69) is 35.9 Å². The van der Waals surface area contributed by atoms with Crippen LogP contribution in [0.2, 0.25) is 0 Å². The molecule has 0 aliphatic carbocycles. The minimum atomic E-state index is -0.351. The van der Waals surface area contributed by atoms with Crippen LogP contribution in [0, 0.1) is 0 Å². The van der Waals surface area contributed by atoms with E-state index >= 15 is 0 Å². The average molecular weight is 1180 g/mol. The van der Waals surface area contributed by atoms with Gasteiger partial charge >= 0.3 is 0 Å². The van der Waals surface area contributed by atoms with Gasteiger partial charge in [-0.2, -0.15) is 0 Å². The molecule has 0 fully saturated rings. The van der Waals surface area contributed by atoms with Crippen molar-refractivity contribution in [3.05, 3.63) is 142 Å². The van der Waals surface area contributed by atoms with Gasteiger partial charge < -0.3 is 54.0 Å². The molecule has 0 bridgehead atoms. The summed E-state index contributed by atoms with van der Waals surface area (Å²) in [6.45, 7) is 9.57. The number of nitrogens with zero attached hydrogens (tertiary/aromatic N) is 4. The number of fused-ring (bicyclic) bond motifs is 8. The summed E-state index contributed by atoms with van der Waals surface area (Å²) in [6.07, 6.45) is 6.87. The fraction of sp³-hybridized carbons (Fsp3) is 0.397. The molecule has 2 atom stereocenters. The maximum absolute atomic E-state index is 14.1. The van der Waals surface area contributed by atoms with Crippen LogP contribution < -0.4 is 44.7 Å². The number of carbonyl (C=O) groups is 5. The van der Waals surface area contributed by atoms with Crippen LogP contribution in [0.15, 0.2) is 108 Å². The fourth-order valence-electron chi connectivity index (χ4n) is 10.7. The van der Waals surface area contributed by atoms with Gasteiger partial charge in [-0.25, -0.2) is 0 Å². The Morgan fingerprint density at radius 1 is 0.690 bits per heavy atom. The van der Waals surface area contributed by atoms with Crippen molar-refractivity contribution in [2.24, 2.45) is 4.99 Å². The number of ether oxygens (including phenoxy) is 7. The molecule has 5 aromatic rings. The molecular weight excluding hydrogens is 1110 g/mol. The van der Waals surface area contributed by atoms with E-state index in [0.717, 1.165) is 69.2 Å². The highest BCUT2D eigenvalue weighted by molar-refractivity contribution is 8.77. The fourth-order valence-corrected chi connectivity index (χ4v) is 13.3. The first-order chi connectivity index (χ1) is 40.9. The largest absolute Gasteiger partial charge is 0.493 e. The van der Waals surface area contributed by atoms with Crippen molar-refractivity contribution in [1.29, 1.82) is 0 Å². The Balaban J connectivity index is 0.695. The second-order valence-corrected chi connectivity index (χ2v) is 24.6. The maximum atomic E-state index is 14.1. The van der Waals surface area contributed by atoms with E-state index < -0.39 is 0 Å². The molecule has 0 saturated heterocycles. The predicted octanol–water partition coefficient (Wildman–Crippen LogP) is 8.27. The Bertz CT molecular complexity index is 3280. The molecule has 442 valence electrons. The van der Waals surface area contributed by atoms with Crippen LogP contribution in [0.25, 0.3) is 0 Å². The van der Waals surface area contributed by atoms with Crippen molar-refractivity contribution in [1.82, 2.24) is 15.5 Å². The molecule has 0 radical (unpaired) electrons. The summed E-state index contributed by atoms with van der Waals surface area (Å²) in [7, 11) is 6.63. The summed E-state index contributed by atoms with van der Waals surface area (Å²) in [6, 6.07) is 28.9. The summed E-state index contributed by atoms with van der Waals surface area (Å²) < 4.78 is 42.5. The van der Waals surface area contributed by atoms with Gasteiger partial charge in [0.25, 0.3) is 23.6 Å². The second kappa shape index (κ2) is 28.0. The Morgan fingerprint density at radius 2 is 1.30 bits per heavy atom. The SMILES string of the molecule is COc1cc2c(cc1OCc1cc(COCCOCCOCCNCC(C)(C)SSCCCC(=O)NCCN3C(=O)C=CC3=O)cc(COc3cc4c(cc3OC)C(=O)N3c5ccccc5C[C@H]3CN4)c1)N=C[C@@H]1Cc3ccccc3N1C2=O. The molecule has 5 aliphatic rings. The van der Waals surface area contributed by atoms with E-state index in [1.54, 1.807) is 58.9 Å². The number of hydrogen-bond acceptors (Lipinski definition) is 17. The van der Waals surface area contributed by atoms with E-state index in [4.69, 9.17) is 38.2 Å². The van der Waals surface area contributed by atoms with Crippen molar-refractivity contribution >= 4 is 80.1 Å². The zero-order valence-corrected chi connectivity index (χ0v) is 49.4. The molecule has 5 heterocycles. The zero-order chi connectivity index (χ0) is 58.6. The molecule has 0 saturated carbocycles. The number of methoxy groups -OCH3 is 2. The van der Waals surface area contributed by atoms with Crippen LogP contribution in [-0.4, -0.2) is 143 Å². The summed E-state index contributed by atoms with van der Waals surface area (Å²) in [5, 5.41) is 9.77. The van der Waals surface area contributed by atoms with E-state index in [1.807, 2.05) is 77.8 Å². The standard InChI is InChI=1S/C63H71N7O12S2/c1-63(2,84-83-25-9-14-58(71)65-17-19-68-59(72)15-16-60(68)73)40-64-18-20-78-21-22-79-23-24-80-37-41-26-42(38-81-56-33-50-48(31-54(56)76-3)61(74)69-46(35-66-50)29-44-10-5-7-12-52(44)69)28-43(27-41)39-82-57-34-51-49(32-55(57)77-4)62(75)70-47(36-67-51)30-45-11-6-8-13-53(45)70/h5-8,10-13,15-16,26-28,31-35,46-47,64,67H,9,14,17-25,29-30,36-40H2,1-4H3,(H,65,71)/t46-,47-/m0/s1. The molecule has 5 aromatic carbocycles. The normalized spacial score (nSPS) is 16.5. The van der Waals surface area contributed by atoms with Gasteiger partial charge in [-0.15, -0.1) is 0 Å². The average Bonchev–Trinajstić information content (AvgIpc) is 2.07. The van der Waals surface area contributed by atoms with E-state index in [-0.39, 0.29) is 72.7 Å². The third kappa shape index (κ3) is 14.6. The van der Waals surface area contributed by atoms with Gasteiger partial charge in [-0.05, 0) is 84.8 Å². The number of hydrogen-bond donors (Lipinski definition) is 3. The molecule has 21 heteroatoms. The van der Waals surface area contributed by atoms with Gasteiger partial charge in [0.2, 0.25) is 5.91 Å². The summed E-state index contributed by atoms with van der Waals surface area (Å²) in [4.78, 5) is 73.4. The number of imide groups is 1. The lowest BCUT2D eigenvalue weighted by molar-refractivity contribution is -0.137. The Morgan fingerprint density at radius 3 is 2.00 bits per heavy atom. The predicted molar refractivity (Wildman–Crippen MR) is 326 cm³/mol. The molecule has 3 N–H and O–H groups in total. The number of para-hydroxylation sites is 2. The van der Waals surface area contributed by atoms with Crippen LogP contribution in [0.5, 0.6) is 23.0 Å². The molecule has 0 aromatic heterocycles. The number of aliphatic imine (C=N–C) groups is 1. The first-order valence-electron chi connectivity index (χ1n) is 28.3.